The summed E-state index contributed by atoms with van der Waals surface area (Å²) in [5, 5.41) is 10.7. The quantitative estimate of drug-likeness (QED) is 0.586. The molecule has 0 spiro atoms. The summed E-state index contributed by atoms with van der Waals surface area (Å²) in [4.78, 5) is 26.0. The molecule has 0 bridgehead atoms. The summed E-state index contributed by atoms with van der Waals surface area (Å²) in [6.45, 7) is 1.83. The van der Waals surface area contributed by atoms with E-state index in [2.05, 4.69) is 20.5 Å². The minimum atomic E-state index is -0.531. The van der Waals surface area contributed by atoms with Crippen molar-refractivity contribution in [2.24, 2.45) is 0 Å². The van der Waals surface area contributed by atoms with Gasteiger partial charge in [0.05, 0.1) is 5.52 Å². The minimum Gasteiger partial charge on any atom is -0.408 e. The summed E-state index contributed by atoms with van der Waals surface area (Å²) in [5.41, 5.74) is 2.55. The third kappa shape index (κ3) is 2.26. The molecule has 0 fully saturated rings. The van der Waals surface area contributed by atoms with Gasteiger partial charge in [0.15, 0.2) is 11.2 Å². The first-order valence-electron chi connectivity index (χ1n) is 6.86. The lowest BCUT2D eigenvalue weighted by Gasteiger charge is -2.05. The molecule has 0 saturated heterocycles. The number of hydrogen-bond donors (Lipinski definition) is 2. The molecule has 8 nitrogen and oxygen atoms in total. The Morgan fingerprint density at radius 3 is 3.00 bits per heavy atom. The van der Waals surface area contributed by atoms with Crippen molar-refractivity contribution >= 4 is 28.3 Å². The molecule has 23 heavy (non-hydrogen) atoms. The number of amides is 1. The van der Waals surface area contributed by atoms with Crippen molar-refractivity contribution in [1.82, 2.24) is 19.6 Å². The largest absolute Gasteiger partial charge is 0.417 e. The lowest BCUT2D eigenvalue weighted by Crippen LogP contribution is -2.12. The number of fused-ring (bicyclic) bond motifs is 2. The molecule has 0 aliphatic heterocycles. The topological polar surface area (TPSA) is 105 Å². The zero-order valence-corrected chi connectivity index (χ0v) is 12.0. The van der Waals surface area contributed by atoms with Crippen LogP contribution in [0.15, 0.2) is 45.7 Å². The van der Waals surface area contributed by atoms with Gasteiger partial charge in [-0.3, -0.25) is 14.2 Å². The van der Waals surface area contributed by atoms with Crippen LogP contribution < -0.4 is 11.1 Å². The molecule has 1 aromatic carbocycles. The van der Waals surface area contributed by atoms with Gasteiger partial charge in [0.1, 0.15) is 5.82 Å². The third-order valence-corrected chi connectivity index (χ3v) is 3.52. The van der Waals surface area contributed by atoms with Crippen LogP contribution in [0.2, 0.25) is 0 Å². The predicted octanol–water partition coefficient (Wildman–Crippen LogP) is 1.72. The first-order chi connectivity index (χ1) is 11.1. The number of carbonyl (C=O) groups is 1. The average Bonchev–Trinajstić information content (AvgIpc) is 3.08. The van der Waals surface area contributed by atoms with Crippen LogP contribution in [0.25, 0.3) is 16.7 Å². The van der Waals surface area contributed by atoms with Gasteiger partial charge in [0.25, 0.3) is 5.91 Å². The molecule has 0 unspecified atom stereocenters. The SMILES string of the molecule is Cc1nnc2cc(C(=O)Nc3ccc4[nH]c(=O)oc4c3)ccn12. The van der Waals surface area contributed by atoms with Gasteiger partial charge in [-0.25, -0.2) is 4.79 Å². The van der Waals surface area contributed by atoms with Crippen molar-refractivity contribution in [2.75, 3.05) is 5.32 Å². The fraction of sp³-hybridized carbons (Fsp3) is 0.0667. The van der Waals surface area contributed by atoms with Crippen molar-refractivity contribution in [2.45, 2.75) is 6.92 Å². The van der Waals surface area contributed by atoms with Gasteiger partial charge in [-0.15, -0.1) is 10.2 Å². The number of carbonyl (C=O) groups excluding carboxylic acids is 1. The molecule has 8 heteroatoms. The third-order valence-electron chi connectivity index (χ3n) is 3.52. The number of benzene rings is 1. The Morgan fingerprint density at radius 2 is 2.13 bits per heavy atom. The number of hydrogen-bond acceptors (Lipinski definition) is 5. The molecule has 4 rings (SSSR count). The van der Waals surface area contributed by atoms with Crippen LogP contribution in [-0.4, -0.2) is 25.5 Å². The molecular weight excluding hydrogens is 298 g/mol. The number of nitrogens with zero attached hydrogens (tertiary/aromatic N) is 3. The summed E-state index contributed by atoms with van der Waals surface area (Å²) >= 11 is 0. The number of pyridine rings is 1. The Labute approximate surface area is 128 Å². The number of aromatic nitrogens is 4. The van der Waals surface area contributed by atoms with Crippen molar-refractivity contribution in [3.63, 3.8) is 0 Å². The van der Waals surface area contributed by atoms with Gasteiger partial charge in [-0.1, -0.05) is 0 Å². The molecule has 0 saturated carbocycles. The van der Waals surface area contributed by atoms with Crippen molar-refractivity contribution in [3.05, 3.63) is 58.5 Å². The molecular formula is C15H11N5O3. The zero-order chi connectivity index (χ0) is 16.0. The molecule has 3 aromatic heterocycles. The monoisotopic (exact) mass is 309 g/mol. The van der Waals surface area contributed by atoms with E-state index in [1.165, 1.54) is 0 Å². The normalized spacial score (nSPS) is 11.2. The molecule has 0 radical (unpaired) electrons. The van der Waals surface area contributed by atoms with E-state index in [4.69, 9.17) is 4.42 Å². The van der Waals surface area contributed by atoms with Crippen LogP contribution in [0.4, 0.5) is 5.69 Å². The molecule has 0 aliphatic rings. The molecule has 1 amide bonds. The van der Waals surface area contributed by atoms with E-state index in [1.54, 1.807) is 40.9 Å². The lowest BCUT2D eigenvalue weighted by atomic mass is 10.2. The van der Waals surface area contributed by atoms with Crippen LogP contribution in [0.1, 0.15) is 16.2 Å². The predicted molar refractivity (Wildman–Crippen MR) is 82.5 cm³/mol. The maximum absolute atomic E-state index is 12.3. The van der Waals surface area contributed by atoms with E-state index in [9.17, 15) is 9.59 Å². The Morgan fingerprint density at radius 1 is 1.26 bits per heavy atom. The van der Waals surface area contributed by atoms with E-state index >= 15 is 0 Å². The minimum absolute atomic E-state index is 0.287. The number of nitrogens with one attached hydrogen (secondary N) is 2. The number of aromatic amines is 1. The van der Waals surface area contributed by atoms with E-state index in [-0.39, 0.29) is 5.91 Å². The Kier molecular flexibility index (Phi) is 2.77. The second kappa shape index (κ2) is 4.80. The molecule has 0 aliphatic carbocycles. The first kappa shape index (κ1) is 13.3. The van der Waals surface area contributed by atoms with Crippen LogP contribution in [0.3, 0.4) is 0 Å². The van der Waals surface area contributed by atoms with Crippen LogP contribution >= 0.6 is 0 Å². The van der Waals surface area contributed by atoms with Gasteiger partial charge in [0, 0.05) is 23.5 Å². The van der Waals surface area contributed by atoms with Gasteiger partial charge < -0.3 is 9.73 Å². The number of aryl methyl sites for hydroxylation is 1. The van der Waals surface area contributed by atoms with E-state index in [0.717, 1.165) is 5.82 Å². The Balaban J connectivity index is 1.65. The van der Waals surface area contributed by atoms with E-state index in [0.29, 0.717) is 28.0 Å². The van der Waals surface area contributed by atoms with Crippen molar-refractivity contribution in [3.8, 4) is 0 Å². The van der Waals surface area contributed by atoms with Crippen molar-refractivity contribution in [1.29, 1.82) is 0 Å². The maximum atomic E-state index is 12.3. The highest BCUT2D eigenvalue weighted by atomic mass is 16.4. The number of oxazole rings is 1. The van der Waals surface area contributed by atoms with Gasteiger partial charge in [0.2, 0.25) is 0 Å². The maximum Gasteiger partial charge on any atom is 0.417 e. The molecule has 4 aromatic rings. The molecule has 3 heterocycles. The molecule has 0 atom stereocenters. The summed E-state index contributed by atoms with van der Waals surface area (Å²) in [6.07, 6.45) is 1.74. The fourth-order valence-electron chi connectivity index (χ4n) is 2.38. The van der Waals surface area contributed by atoms with Gasteiger partial charge in [-0.05, 0) is 31.2 Å². The second-order valence-corrected chi connectivity index (χ2v) is 5.07. The summed E-state index contributed by atoms with van der Waals surface area (Å²) < 4.78 is 6.76. The van der Waals surface area contributed by atoms with Crippen LogP contribution in [0.5, 0.6) is 0 Å². The first-order valence-corrected chi connectivity index (χ1v) is 6.86. The lowest BCUT2D eigenvalue weighted by molar-refractivity contribution is 0.102. The number of H-pyrrole nitrogens is 1. The summed E-state index contributed by atoms with van der Waals surface area (Å²) in [5.74, 6) is -0.0682. The number of anilines is 1. The fourth-order valence-corrected chi connectivity index (χ4v) is 2.38. The standard InChI is InChI=1S/C15H11N5O3/c1-8-18-19-13-6-9(4-5-20(8)13)14(21)16-10-2-3-11-12(7-10)23-15(22)17-11/h2-7H,1H3,(H,16,21)(H,17,22). The number of rotatable bonds is 2. The van der Waals surface area contributed by atoms with Crippen LogP contribution in [0, 0.1) is 6.92 Å². The zero-order valence-electron chi connectivity index (χ0n) is 12.0. The molecule has 114 valence electrons. The summed E-state index contributed by atoms with van der Waals surface area (Å²) in [7, 11) is 0. The smallest absolute Gasteiger partial charge is 0.408 e. The van der Waals surface area contributed by atoms with E-state index < -0.39 is 5.76 Å². The van der Waals surface area contributed by atoms with E-state index in [1.807, 2.05) is 6.92 Å². The van der Waals surface area contributed by atoms with Crippen LogP contribution in [-0.2, 0) is 0 Å². The highest BCUT2D eigenvalue weighted by Crippen LogP contribution is 2.17. The summed E-state index contributed by atoms with van der Waals surface area (Å²) in [6, 6.07) is 8.29. The average molecular weight is 309 g/mol. The van der Waals surface area contributed by atoms with Crippen molar-refractivity contribution < 1.29 is 9.21 Å². The Bertz CT molecular complexity index is 1110. The van der Waals surface area contributed by atoms with Gasteiger partial charge >= 0.3 is 5.76 Å². The second-order valence-electron chi connectivity index (χ2n) is 5.07. The highest BCUT2D eigenvalue weighted by molar-refractivity contribution is 6.05. The highest BCUT2D eigenvalue weighted by Gasteiger charge is 2.10. The van der Waals surface area contributed by atoms with Gasteiger partial charge in [-0.2, -0.15) is 0 Å². The molecule has 2 N–H and O–H groups in total. The Hall–Kier alpha value is -3.42.